The third-order valence-electron chi connectivity index (χ3n) is 4.67. The van der Waals surface area contributed by atoms with Crippen LogP contribution in [-0.4, -0.2) is 13.2 Å². The van der Waals surface area contributed by atoms with Gasteiger partial charge in [0.2, 0.25) is 0 Å². The van der Waals surface area contributed by atoms with Gasteiger partial charge in [-0.25, -0.2) is 0 Å². The molecular formula is C17H24ClNO2. The maximum absolute atomic E-state index is 6.37. The van der Waals surface area contributed by atoms with Crippen LogP contribution >= 0.6 is 11.6 Å². The van der Waals surface area contributed by atoms with Crippen molar-refractivity contribution < 1.29 is 9.47 Å². The van der Waals surface area contributed by atoms with Gasteiger partial charge in [-0.05, 0) is 30.4 Å². The molecule has 3 rings (SSSR count). The van der Waals surface area contributed by atoms with Crippen molar-refractivity contribution in [3.8, 4) is 11.5 Å². The van der Waals surface area contributed by atoms with Crippen molar-refractivity contribution in [2.24, 2.45) is 11.7 Å². The first kappa shape index (κ1) is 15.0. The summed E-state index contributed by atoms with van der Waals surface area (Å²) in [6.45, 7) is 1.17. The molecule has 2 aliphatic rings. The molecule has 1 saturated carbocycles. The monoisotopic (exact) mass is 309 g/mol. The molecule has 4 heteroatoms. The van der Waals surface area contributed by atoms with Crippen LogP contribution in [0.5, 0.6) is 11.5 Å². The Morgan fingerprint density at radius 3 is 2.48 bits per heavy atom. The smallest absolute Gasteiger partial charge is 0.162 e. The van der Waals surface area contributed by atoms with Gasteiger partial charge < -0.3 is 15.2 Å². The molecule has 0 amide bonds. The fourth-order valence-corrected chi connectivity index (χ4v) is 3.70. The van der Waals surface area contributed by atoms with Gasteiger partial charge in [-0.15, -0.1) is 0 Å². The molecule has 1 aliphatic carbocycles. The summed E-state index contributed by atoms with van der Waals surface area (Å²) in [6.07, 6.45) is 9.07. The average molecular weight is 310 g/mol. The molecule has 0 radical (unpaired) electrons. The zero-order valence-electron chi connectivity index (χ0n) is 12.4. The first-order chi connectivity index (χ1) is 10.2. The number of fused-ring (bicyclic) bond motifs is 1. The third kappa shape index (κ3) is 3.64. The summed E-state index contributed by atoms with van der Waals surface area (Å²) in [7, 11) is 0. The summed E-state index contributed by atoms with van der Waals surface area (Å²) >= 11 is 6.36. The van der Waals surface area contributed by atoms with Crippen LogP contribution in [0.3, 0.4) is 0 Å². The van der Waals surface area contributed by atoms with Crippen molar-refractivity contribution >= 4 is 11.6 Å². The number of benzene rings is 1. The molecule has 1 aliphatic heterocycles. The lowest BCUT2D eigenvalue weighted by atomic mass is 9.84. The van der Waals surface area contributed by atoms with E-state index in [4.69, 9.17) is 26.8 Å². The molecule has 1 unspecified atom stereocenters. The number of rotatable bonds is 4. The van der Waals surface area contributed by atoms with E-state index in [1.807, 2.05) is 12.1 Å². The maximum atomic E-state index is 6.37. The largest absolute Gasteiger partial charge is 0.486 e. The van der Waals surface area contributed by atoms with Crippen molar-refractivity contribution in [1.82, 2.24) is 0 Å². The highest BCUT2D eigenvalue weighted by atomic mass is 35.5. The summed E-state index contributed by atoms with van der Waals surface area (Å²) in [5.74, 6) is 2.35. The molecule has 1 aromatic rings. The summed E-state index contributed by atoms with van der Waals surface area (Å²) in [6, 6.07) is 3.78. The average Bonchev–Trinajstić information content (AvgIpc) is 2.53. The fraction of sp³-hybridized carbons (Fsp3) is 0.647. The van der Waals surface area contributed by atoms with Gasteiger partial charge in [-0.3, -0.25) is 0 Å². The number of ether oxygens (including phenoxy) is 2. The second kappa shape index (κ2) is 6.89. The van der Waals surface area contributed by atoms with E-state index in [1.165, 1.54) is 38.5 Å². The van der Waals surface area contributed by atoms with Crippen molar-refractivity contribution in [3.05, 3.63) is 22.7 Å². The molecule has 1 heterocycles. The highest BCUT2D eigenvalue weighted by Crippen LogP contribution is 2.39. The second-order valence-corrected chi connectivity index (χ2v) is 6.61. The molecule has 0 saturated heterocycles. The number of halogens is 1. The molecule has 116 valence electrons. The lowest BCUT2D eigenvalue weighted by Gasteiger charge is -2.24. The molecule has 1 fully saturated rings. The minimum absolute atomic E-state index is 0.0183. The van der Waals surface area contributed by atoms with E-state index < -0.39 is 0 Å². The van der Waals surface area contributed by atoms with Gasteiger partial charge in [0.15, 0.2) is 11.5 Å². The molecular weight excluding hydrogens is 286 g/mol. The first-order valence-corrected chi connectivity index (χ1v) is 8.46. The zero-order chi connectivity index (χ0) is 14.7. The van der Waals surface area contributed by atoms with E-state index in [0.717, 1.165) is 29.4 Å². The van der Waals surface area contributed by atoms with Crippen LogP contribution in [-0.2, 0) is 0 Å². The second-order valence-electron chi connectivity index (χ2n) is 6.21. The van der Waals surface area contributed by atoms with Crippen molar-refractivity contribution in [1.29, 1.82) is 0 Å². The quantitative estimate of drug-likeness (QED) is 0.892. The molecule has 1 atom stereocenters. The summed E-state index contributed by atoms with van der Waals surface area (Å²) in [5, 5.41) is 0.690. The topological polar surface area (TPSA) is 44.5 Å². The van der Waals surface area contributed by atoms with Gasteiger partial charge in [0.05, 0.1) is 0 Å². The van der Waals surface area contributed by atoms with Gasteiger partial charge in [-0.1, -0.05) is 43.7 Å². The molecule has 3 nitrogen and oxygen atoms in total. The Bertz CT molecular complexity index is 486. The number of hydrogen-bond acceptors (Lipinski definition) is 3. The van der Waals surface area contributed by atoms with Gasteiger partial charge in [0, 0.05) is 17.1 Å². The molecule has 0 bridgehead atoms. The van der Waals surface area contributed by atoms with E-state index >= 15 is 0 Å². The highest BCUT2D eigenvalue weighted by Gasteiger charge is 2.20. The first-order valence-electron chi connectivity index (χ1n) is 8.08. The summed E-state index contributed by atoms with van der Waals surface area (Å²) in [4.78, 5) is 0. The van der Waals surface area contributed by atoms with Crippen LogP contribution in [0.15, 0.2) is 12.1 Å². The van der Waals surface area contributed by atoms with Crippen LogP contribution < -0.4 is 15.2 Å². The Hall–Kier alpha value is -0.930. The fourth-order valence-electron chi connectivity index (χ4n) is 3.41. The van der Waals surface area contributed by atoms with E-state index in [0.29, 0.717) is 18.2 Å². The Labute approximate surface area is 131 Å². The zero-order valence-corrected chi connectivity index (χ0v) is 13.2. The minimum Gasteiger partial charge on any atom is -0.486 e. The Balaban J connectivity index is 1.64. The summed E-state index contributed by atoms with van der Waals surface area (Å²) in [5.41, 5.74) is 7.35. The Morgan fingerprint density at radius 1 is 1.10 bits per heavy atom. The van der Waals surface area contributed by atoms with E-state index in [1.54, 1.807) is 0 Å². The molecule has 0 aromatic heterocycles. The SMILES string of the molecule is NC(CCC1CCCCC1)c1cc2c(cc1Cl)OCCO2. The number of nitrogens with two attached hydrogens (primary N) is 1. The van der Waals surface area contributed by atoms with Gasteiger partial charge >= 0.3 is 0 Å². The van der Waals surface area contributed by atoms with E-state index in [2.05, 4.69) is 0 Å². The van der Waals surface area contributed by atoms with Crippen LogP contribution in [0, 0.1) is 5.92 Å². The normalized spacial score (nSPS) is 20.3. The molecule has 21 heavy (non-hydrogen) atoms. The molecule has 0 spiro atoms. The standard InChI is InChI=1S/C17H24ClNO2/c18-14-11-17-16(20-8-9-21-17)10-13(14)15(19)7-6-12-4-2-1-3-5-12/h10-12,15H,1-9,19H2. The summed E-state index contributed by atoms with van der Waals surface area (Å²) < 4.78 is 11.2. The predicted molar refractivity (Wildman–Crippen MR) is 85.2 cm³/mol. The van der Waals surface area contributed by atoms with Crippen molar-refractivity contribution in [3.63, 3.8) is 0 Å². The predicted octanol–water partition coefficient (Wildman–Crippen LogP) is 4.47. The van der Waals surface area contributed by atoms with E-state index in [-0.39, 0.29) is 6.04 Å². The molecule has 1 aromatic carbocycles. The Morgan fingerprint density at radius 2 is 1.76 bits per heavy atom. The highest BCUT2D eigenvalue weighted by molar-refractivity contribution is 6.31. The van der Waals surface area contributed by atoms with Crippen LogP contribution in [0.25, 0.3) is 0 Å². The van der Waals surface area contributed by atoms with Crippen LogP contribution in [0.2, 0.25) is 5.02 Å². The van der Waals surface area contributed by atoms with Gasteiger partial charge in [-0.2, -0.15) is 0 Å². The number of hydrogen-bond donors (Lipinski definition) is 1. The molecule has 2 N–H and O–H groups in total. The van der Waals surface area contributed by atoms with Crippen molar-refractivity contribution in [2.75, 3.05) is 13.2 Å². The minimum atomic E-state index is -0.0183. The lowest BCUT2D eigenvalue weighted by molar-refractivity contribution is 0.171. The van der Waals surface area contributed by atoms with Gasteiger partial charge in [0.1, 0.15) is 13.2 Å². The third-order valence-corrected chi connectivity index (χ3v) is 5.00. The van der Waals surface area contributed by atoms with Crippen LogP contribution in [0.4, 0.5) is 0 Å². The maximum Gasteiger partial charge on any atom is 0.162 e. The van der Waals surface area contributed by atoms with Gasteiger partial charge in [0.25, 0.3) is 0 Å². The lowest BCUT2D eigenvalue weighted by Crippen LogP contribution is -2.18. The van der Waals surface area contributed by atoms with Crippen molar-refractivity contribution in [2.45, 2.75) is 51.0 Å². The van der Waals surface area contributed by atoms with Crippen LogP contribution in [0.1, 0.15) is 56.6 Å². The van der Waals surface area contributed by atoms with E-state index in [9.17, 15) is 0 Å². The Kier molecular flexibility index (Phi) is 4.91.